The number of carbonyl (C=O) groups excluding carboxylic acids is 1. The van der Waals surface area contributed by atoms with Crippen molar-refractivity contribution in [2.75, 3.05) is 11.4 Å². The maximum atomic E-state index is 11.7. The van der Waals surface area contributed by atoms with Gasteiger partial charge in [0, 0.05) is 17.4 Å². The third-order valence-corrected chi connectivity index (χ3v) is 4.49. The number of amides is 1. The Kier molecular flexibility index (Phi) is 2.84. The molecule has 0 N–H and O–H groups in total. The molecule has 3 nitrogen and oxygen atoms in total. The normalized spacial score (nSPS) is 20.5. The van der Waals surface area contributed by atoms with Gasteiger partial charge >= 0.3 is 0 Å². The van der Waals surface area contributed by atoms with Gasteiger partial charge in [0.15, 0.2) is 5.13 Å². The smallest absolute Gasteiger partial charge is 0.230 e. The van der Waals surface area contributed by atoms with Crippen molar-refractivity contribution in [3.05, 3.63) is 22.7 Å². The van der Waals surface area contributed by atoms with Gasteiger partial charge in [-0.2, -0.15) is 0 Å². The molecule has 17 heavy (non-hydrogen) atoms. The van der Waals surface area contributed by atoms with E-state index in [4.69, 9.17) is 11.6 Å². The molecule has 1 atom stereocenters. The summed E-state index contributed by atoms with van der Waals surface area (Å²) in [5.74, 6) is 0.0584. The number of hydrogen-bond acceptors (Lipinski definition) is 3. The quantitative estimate of drug-likeness (QED) is 0.750. The van der Waals surface area contributed by atoms with Crippen LogP contribution in [-0.2, 0) is 4.79 Å². The summed E-state index contributed by atoms with van der Waals surface area (Å²) >= 11 is 10.9. The zero-order valence-electron chi connectivity index (χ0n) is 8.69. The molecule has 1 fully saturated rings. The third-order valence-electron chi connectivity index (χ3n) is 2.65. The molecule has 1 aromatic carbocycles. The molecule has 88 valence electrons. The number of hydrogen-bond donors (Lipinski definition) is 0. The Bertz CT molecular complexity index is 600. The minimum atomic E-state index is -0.0961. The Balaban J connectivity index is 2.03. The van der Waals surface area contributed by atoms with Crippen LogP contribution in [0.1, 0.15) is 6.42 Å². The highest BCUT2D eigenvalue weighted by atomic mass is 79.9. The lowest BCUT2D eigenvalue weighted by atomic mass is 10.3. The van der Waals surface area contributed by atoms with Crippen LogP contribution in [0.5, 0.6) is 0 Å². The number of rotatable bonds is 1. The first kappa shape index (κ1) is 11.4. The minimum absolute atomic E-state index is 0.0584. The van der Waals surface area contributed by atoms with Crippen LogP contribution in [0.3, 0.4) is 0 Å². The number of thiazole rings is 1. The highest BCUT2D eigenvalue weighted by molar-refractivity contribution is 9.10. The Labute approximate surface area is 116 Å². The van der Waals surface area contributed by atoms with Crippen LogP contribution in [-0.4, -0.2) is 22.8 Å². The summed E-state index contributed by atoms with van der Waals surface area (Å²) in [5, 5.41) is 0.646. The molecule has 1 unspecified atom stereocenters. The first-order valence-corrected chi connectivity index (χ1v) is 7.18. The zero-order valence-corrected chi connectivity index (χ0v) is 11.8. The van der Waals surface area contributed by atoms with Crippen molar-refractivity contribution < 1.29 is 4.79 Å². The van der Waals surface area contributed by atoms with Crippen LogP contribution in [0.15, 0.2) is 22.7 Å². The number of carbonyl (C=O) groups is 1. The summed E-state index contributed by atoms with van der Waals surface area (Å²) in [6, 6.07) is 5.92. The van der Waals surface area contributed by atoms with Crippen LogP contribution in [0, 0.1) is 0 Å². The average molecular weight is 332 g/mol. The second-order valence-corrected chi connectivity index (χ2v) is 6.46. The van der Waals surface area contributed by atoms with Crippen LogP contribution in [0.25, 0.3) is 10.2 Å². The van der Waals surface area contributed by atoms with Crippen molar-refractivity contribution in [2.45, 2.75) is 11.8 Å². The Morgan fingerprint density at radius 1 is 1.53 bits per heavy atom. The van der Waals surface area contributed by atoms with Gasteiger partial charge in [0.05, 0.1) is 15.6 Å². The number of benzene rings is 1. The fraction of sp³-hybridized carbons (Fsp3) is 0.273. The molecule has 2 aromatic rings. The summed E-state index contributed by atoms with van der Waals surface area (Å²) < 4.78 is 2.07. The molecule has 0 spiro atoms. The summed E-state index contributed by atoms with van der Waals surface area (Å²) in [5.41, 5.74) is 0.908. The lowest BCUT2D eigenvalue weighted by Gasteiger charge is -2.10. The third kappa shape index (κ3) is 2.07. The van der Waals surface area contributed by atoms with Crippen molar-refractivity contribution in [1.29, 1.82) is 0 Å². The molecule has 1 aliphatic heterocycles. The van der Waals surface area contributed by atoms with Gasteiger partial charge in [0.2, 0.25) is 5.91 Å². The number of fused-ring (bicyclic) bond motifs is 1. The molecular formula is C11H8BrClN2OS. The molecule has 2 heterocycles. The summed E-state index contributed by atoms with van der Waals surface area (Å²) in [6.07, 6.45) is 0.404. The standard InChI is InChI=1S/C11H8BrClN2OS/c12-6-1-2-9-8(3-6)14-11(17-9)15-5-7(13)4-10(15)16/h1-3,7H,4-5H2. The molecule has 1 saturated heterocycles. The highest BCUT2D eigenvalue weighted by Crippen LogP contribution is 2.33. The number of alkyl halides is 1. The second kappa shape index (κ2) is 4.23. The van der Waals surface area contributed by atoms with E-state index in [9.17, 15) is 4.79 Å². The summed E-state index contributed by atoms with van der Waals surface area (Å²) in [7, 11) is 0. The van der Waals surface area contributed by atoms with E-state index in [2.05, 4.69) is 20.9 Å². The number of nitrogens with zero attached hydrogens (tertiary/aromatic N) is 2. The van der Waals surface area contributed by atoms with Crippen LogP contribution < -0.4 is 4.90 Å². The topological polar surface area (TPSA) is 33.2 Å². The fourth-order valence-electron chi connectivity index (χ4n) is 1.85. The van der Waals surface area contributed by atoms with Gasteiger partial charge in [-0.05, 0) is 18.2 Å². The van der Waals surface area contributed by atoms with E-state index in [1.54, 1.807) is 4.90 Å². The van der Waals surface area contributed by atoms with Gasteiger partial charge in [-0.3, -0.25) is 9.69 Å². The molecule has 6 heteroatoms. The molecule has 0 aliphatic carbocycles. The van der Waals surface area contributed by atoms with Gasteiger partial charge in [-0.1, -0.05) is 27.3 Å². The van der Waals surface area contributed by atoms with Crippen molar-refractivity contribution >= 4 is 60.1 Å². The molecule has 3 rings (SSSR count). The molecule has 1 aromatic heterocycles. The van der Waals surface area contributed by atoms with Crippen molar-refractivity contribution in [1.82, 2.24) is 4.98 Å². The van der Waals surface area contributed by atoms with Crippen molar-refractivity contribution in [2.24, 2.45) is 0 Å². The Morgan fingerprint density at radius 3 is 3.06 bits per heavy atom. The molecule has 0 saturated carbocycles. The maximum Gasteiger partial charge on any atom is 0.230 e. The first-order valence-electron chi connectivity index (χ1n) is 5.14. The van der Waals surface area contributed by atoms with Gasteiger partial charge < -0.3 is 0 Å². The van der Waals surface area contributed by atoms with E-state index in [0.717, 1.165) is 19.8 Å². The van der Waals surface area contributed by atoms with Crippen LogP contribution in [0.4, 0.5) is 5.13 Å². The molecular weight excluding hydrogens is 324 g/mol. The summed E-state index contributed by atoms with van der Waals surface area (Å²) in [4.78, 5) is 17.9. The predicted molar refractivity (Wildman–Crippen MR) is 73.9 cm³/mol. The largest absolute Gasteiger partial charge is 0.287 e. The molecule has 1 aliphatic rings. The lowest BCUT2D eigenvalue weighted by Crippen LogP contribution is -2.24. The lowest BCUT2D eigenvalue weighted by molar-refractivity contribution is -0.117. The van der Waals surface area contributed by atoms with Gasteiger partial charge in [-0.15, -0.1) is 11.6 Å². The summed E-state index contributed by atoms with van der Waals surface area (Å²) in [6.45, 7) is 0.557. The van der Waals surface area contributed by atoms with Gasteiger partial charge in [0.25, 0.3) is 0 Å². The Morgan fingerprint density at radius 2 is 2.35 bits per heavy atom. The van der Waals surface area contributed by atoms with Crippen LogP contribution >= 0.6 is 38.9 Å². The number of aromatic nitrogens is 1. The predicted octanol–water partition coefficient (Wildman–Crippen LogP) is 3.40. The van der Waals surface area contributed by atoms with E-state index >= 15 is 0 Å². The van der Waals surface area contributed by atoms with E-state index in [1.165, 1.54) is 11.3 Å². The SMILES string of the molecule is O=C1CC(Cl)CN1c1nc2cc(Br)ccc2s1. The van der Waals surface area contributed by atoms with Crippen molar-refractivity contribution in [3.8, 4) is 0 Å². The molecule has 0 radical (unpaired) electrons. The van der Waals surface area contributed by atoms with Crippen LogP contribution in [0.2, 0.25) is 0 Å². The van der Waals surface area contributed by atoms with Gasteiger partial charge in [0.1, 0.15) is 0 Å². The van der Waals surface area contributed by atoms with Crippen molar-refractivity contribution in [3.63, 3.8) is 0 Å². The second-order valence-electron chi connectivity index (χ2n) is 3.91. The average Bonchev–Trinajstić information content (AvgIpc) is 2.80. The molecule has 1 amide bonds. The Hall–Kier alpha value is -0.650. The van der Waals surface area contributed by atoms with E-state index in [-0.39, 0.29) is 11.3 Å². The molecule has 0 bridgehead atoms. The monoisotopic (exact) mass is 330 g/mol. The van der Waals surface area contributed by atoms with E-state index in [1.807, 2.05) is 18.2 Å². The fourth-order valence-corrected chi connectivity index (χ4v) is 3.44. The highest BCUT2D eigenvalue weighted by Gasteiger charge is 2.31. The number of anilines is 1. The minimum Gasteiger partial charge on any atom is -0.287 e. The zero-order chi connectivity index (χ0) is 12.0. The maximum absolute atomic E-state index is 11.7. The van der Waals surface area contributed by atoms with E-state index in [0.29, 0.717) is 13.0 Å². The van der Waals surface area contributed by atoms with E-state index < -0.39 is 0 Å². The van der Waals surface area contributed by atoms with Gasteiger partial charge in [-0.25, -0.2) is 4.98 Å². The first-order chi connectivity index (χ1) is 8.13. The number of halogens is 2.